The zero-order valence-electron chi connectivity index (χ0n) is 8.78. The molecule has 2 saturated heterocycles. The van der Waals surface area contributed by atoms with Crippen molar-refractivity contribution in [2.45, 2.75) is 32.0 Å². The van der Waals surface area contributed by atoms with Crippen LogP contribution in [0.2, 0.25) is 0 Å². The second-order valence-electron chi connectivity index (χ2n) is 3.53. The monoisotopic (exact) mass is 220 g/mol. The first kappa shape index (κ1) is 12.3. The molecule has 2 heterocycles. The van der Waals surface area contributed by atoms with Crippen LogP contribution in [0.4, 0.5) is 0 Å². The Hall–Kier alpha value is 0.230. The van der Waals surface area contributed by atoms with E-state index in [4.69, 9.17) is 14.2 Å². The van der Waals surface area contributed by atoms with E-state index >= 15 is 0 Å². The topological polar surface area (TPSA) is 34.3 Å². The largest absolute Gasteiger partial charge is 0.376 e. The molecule has 0 spiro atoms. The summed E-state index contributed by atoms with van der Waals surface area (Å²) < 4.78 is 15.1. The van der Waals surface area contributed by atoms with Crippen LogP contribution >= 0.6 is 12.6 Å². The van der Waals surface area contributed by atoms with Crippen LogP contribution in [0, 0.1) is 0 Å². The number of hydrogen-bond acceptors (Lipinski definition) is 4. The Kier molecular flexibility index (Phi) is 6.60. The summed E-state index contributed by atoms with van der Waals surface area (Å²) in [5.41, 5.74) is 0. The summed E-state index contributed by atoms with van der Waals surface area (Å²) in [5.74, 6) is 1.04. The average molecular weight is 220 g/mol. The van der Waals surface area contributed by atoms with Crippen molar-refractivity contribution in [3.63, 3.8) is 0 Å². The second kappa shape index (κ2) is 7.51. The van der Waals surface area contributed by atoms with E-state index in [9.17, 15) is 0 Å². The molecular formula is C10H20O3S. The summed E-state index contributed by atoms with van der Waals surface area (Å²) in [6.45, 7) is 5.42. The van der Waals surface area contributed by atoms with Crippen molar-refractivity contribution in [2.75, 3.05) is 32.2 Å². The van der Waals surface area contributed by atoms with Crippen LogP contribution in [0.3, 0.4) is 0 Å². The Morgan fingerprint density at radius 1 is 1.21 bits per heavy atom. The van der Waals surface area contributed by atoms with E-state index < -0.39 is 0 Å². The molecule has 2 atom stereocenters. The molecule has 0 radical (unpaired) electrons. The minimum Gasteiger partial charge on any atom is -0.376 e. The standard InChI is InChI=1S/C6H10O3.C4H10S/c1(5-3-8-5)7-2-6-4-9-6;1-2-3-4-5/h5-6H,1-4H2;5H,2-4H2,1H3. The van der Waals surface area contributed by atoms with Gasteiger partial charge in [0.25, 0.3) is 0 Å². The first-order chi connectivity index (χ1) is 6.86. The van der Waals surface area contributed by atoms with Gasteiger partial charge in [0.15, 0.2) is 0 Å². The minimum absolute atomic E-state index is 0.392. The van der Waals surface area contributed by atoms with Crippen LogP contribution in [0.1, 0.15) is 19.8 Å². The van der Waals surface area contributed by atoms with Crippen LogP contribution in [0.5, 0.6) is 0 Å². The first-order valence-electron chi connectivity index (χ1n) is 5.28. The predicted molar refractivity (Wildman–Crippen MR) is 59.1 cm³/mol. The molecule has 0 aromatic heterocycles. The molecule has 84 valence electrons. The lowest BCUT2D eigenvalue weighted by molar-refractivity contribution is 0.102. The van der Waals surface area contributed by atoms with Crippen LogP contribution < -0.4 is 0 Å². The van der Waals surface area contributed by atoms with E-state index in [0.29, 0.717) is 12.2 Å². The molecule has 0 aromatic carbocycles. The maximum atomic E-state index is 5.23. The second-order valence-corrected chi connectivity index (χ2v) is 3.97. The van der Waals surface area contributed by atoms with Gasteiger partial charge < -0.3 is 14.2 Å². The molecule has 0 aromatic rings. The Morgan fingerprint density at radius 3 is 1.93 bits per heavy atom. The lowest BCUT2D eigenvalue weighted by Gasteiger charge is -1.95. The van der Waals surface area contributed by atoms with E-state index in [2.05, 4.69) is 19.6 Å². The van der Waals surface area contributed by atoms with Crippen molar-refractivity contribution >= 4 is 12.6 Å². The Labute approximate surface area is 91.5 Å². The zero-order chi connectivity index (χ0) is 10.2. The van der Waals surface area contributed by atoms with Gasteiger partial charge >= 0.3 is 0 Å². The van der Waals surface area contributed by atoms with Crippen molar-refractivity contribution in [2.24, 2.45) is 0 Å². The minimum atomic E-state index is 0.392. The fourth-order valence-corrected chi connectivity index (χ4v) is 1.13. The molecule has 0 bridgehead atoms. The molecule has 2 aliphatic rings. The fourth-order valence-electron chi connectivity index (χ4n) is 0.818. The molecule has 2 fully saturated rings. The van der Waals surface area contributed by atoms with Gasteiger partial charge in [-0.25, -0.2) is 0 Å². The SMILES string of the molecule is C(OCC1CO1)C1CO1.CCCCS. The lowest BCUT2D eigenvalue weighted by atomic mass is 10.4. The number of rotatable bonds is 6. The molecule has 2 aliphatic heterocycles. The van der Waals surface area contributed by atoms with Crippen LogP contribution in [0.25, 0.3) is 0 Å². The summed E-state index contributed by atoms with van der Waals surface area (Å²) in [5, 5.41) is 0. The van der Waals surface area contributed by atoms with Gasteiger partial charge in [-0.2, -0.15) is 12.6 Å². The molecule has 0 aliphatic carbocycles. The highest BCUT2D eigenvalue weighted by atomic mass is 32.1. The normalized spacial score (nSPS) is 27.9. The Morgan fingerprint density at radius 2 is 1.71 bits per heavy atom. The first-order valence-corrected chi connectivity index (χ1v) is 5.91. The third-order valence-electron chi connectivity index (χ3n) is 1.92. The van der Waals surface area contributed by atoms with Crippen LogP contribution in [-0.4, -0.2) is 44.4 Å². The summed E-state index contributed by atoms with van der Waals surface area (Å²) in [6, 6.07) is 0. The molecule has 0 saturated carbocycles. The highest BCUT2D eigenvalue weighted by Crippen LogP contribution is 2.12. The molecule has 2 rings (SSSR count). The summed E-state index contributed by atoms with van der Waals surface area (Å²) in [7, 11) is 0. The number of epoxide rings is 2. The van der Waals surface area contributed by atoms with Gasteiger partial charge in [0.1, 0.15) is 12.2 Å². The van der Waals surface area contributed by atoms with E-state index in [1.807, 2.05) is 0 Å². The highest BCUT2D eigenvalue weighted by Gasteiger charge is 2.26. The molecule has 0 amide bonds. The number of hydrogen-bond donors (Lipinski definition) is 1. The van der Waals surface area contributed by atoms with Crippen molar-refractivity contribution in [1.29, 1.82) is 0 Å². The molecule has 3 nitrogen and oxygen atoms in total. The molecule has 14 heavy (non-hydrogen) atoms. The molecule has 0 N–H and O–H groups in total. The number of unbranched alkanes of at least 4 members (excludes halogenated alkanes) is 1. The molecule has 2 unspecified atom stereocenters. The molecular weight excluding hydrogens is 200 g/mol. The van der Waals surface area contributed by atoms with Gasteiger partial charge in [-0.1, -0.05) is 13.3 Å². The third-order valence-corrected chi connectivity index (χ3v) is 2.24. The summed E-state index contributed by atoms with van der Waals surface area (Å²) in [6.07, 6.45) is 3.31. The van der Waals surface area contributed by atoms with Crippen molar-refractivity contribution in [3.8, 4) is 0 Å². The van der Waals surface area contributed by atoms with Gasteiger partial charge in [0.2, 0.25) is 0 Å². The predicted octanol–water partition coefficient (Wildman–Crippen LogP) is 1.52. The third kappa shape index (κ3) is 7.62. The molecule has 4 heteroatoms. The fraction of sp³-hybridized carbons (Fsp3) is 1.00. The van der Waals surface area contributed by atoms with Gasteiger partial charge in [-0.05, 0) is 12.2 Å². The summed E-state index contributed by atoms with van der Waals surface area (Å²) >= 11 is 4.00. The summed E-state index contributed by atoms with van der Waals surface area (Å²) in [4.78, 5) is 0. The zero-order valence-corrected chi connectivity index (χ0v) is 9.67. The van der Waals surface area contributed by atoms with Gasteiger partial charge in [0.05, 0.1) is 26.4 Å². The number of thiol groups is 1. The smallest absolute Gasteiger partial charge is 0.104 e. The van der Waals surface area contributed by atoms with Gasteiger partial charge in [-0.3, -0.25) is 0 Å². The highest BCUT2D eigenvalue weighted by molar-refractivity contribution is 7.80. The maximum Gasteiger partial charge on any atom is 0.104 e. The lowest BCUT2D eigenvalue weighted by Crippen LogP contribution is -2.06. The van der Waals surface area contributed by atoms with Crippen molar-refractivity contribution in [1.82, 2.24) is 0 Å². The van der Waals surface area contributed by atoms with Crippen molar-refractivity contribution in [3.05, 3.63) is 0 Å². The van der Waals surface area contributed by atoms with Crippen LogP contribution in [-0.2, 0) is 14.2 Å². The Bertz CT molecular complexity index is 121. The van der Waals surface area contributed by atoms with Crippen molar-refractivity contribution < 1.29 is 14.2 Å². The van der Waals surface area contributed by atoms with E-state index in [0.717, 1.165) is 32.2 Å². The van der Waals surface area contributed by atoms with E-state index in [1.165, 1.54) is 12.8 Å². The quantitative estimate of drug-likeness (QED) is 0.544. The van der Waals surface area contributed by atoms with Gasteiger partial charge in [-0.15, -0.1) is 0 Å². The van der Waals surface area contributed by atoms with Crippen LogP contribution in [0.15, 0.2) is 0 Å². The van der Waals surface area contributed by atoms with Gasteiger partial charge in [0, 0.05) is 0 Å². The maximum absolute atomic E-state index is 5.23. The van der Waals surface area contributed by atoms with E-state index in [-0.39, 0.29) is 0 Å². The Balaban J connectivity index is 0.000000171. The average Bonchev–Trinajstić information content (AvgIpc) is 3.01. The number of ether oxygens (including phenoxy) is 3. The van der Waals surface area contributed by atoms with E-state index in [1.54, 1.807) is 0 Å².